The lowest BCUT2D eigenvalue weighted by Crippen LogP contribution is -2.48. The highest BCUT2D eigenvalue weighted by Gasteiger charge is 2.65. The second-order valence-electron chi connectivity index (χ2n) is 13.8. The zero-order valence-corrected chi connectivity index (χ0v) is 26.1. The highest BCUT2D eigenvalue weighted by Crippen LogP contribution is 2.57. The SMILES string of the molecule is COc1ccc(N2C(C3[C@H]4CN(C(=O)N5C[C@@H]6C(C7=NOC(C)(C)N7c7ccc(OC)cc7)[C@@H]6C5)C[C@@H]34)=NOC2(C)C)cc1. The van der Waals surface area contributed by atoms with Crippen LogP contribution in [0.3, 0.4) is 0 Å². The summed E-state index contributed by atoms with van der Waals surface area (Å²) in [5, 5.41) is 9.11. The zero-order chi connectivity index (χ0) is 30.5. The minimum atomic E-state index is -0.573. The number of amides is 2. The van der Waals surface area contributed by atoms with Crippen LogP contribution in [0.1, 0.15) is 27.7 Å². The van der Waals surface area contributed by atoms with Crippen molar-refractivity contribution in [1.29, 1.82) is 0 Å². The molecule has 2 saturated carbocycles. The molecule has 2 aliphatic carbocycles. The first kappa shape index (κ1) is 27.4. The molecule has 11 nitrogen and oxygen atoms in total. The number of benzene rings is 2. The summed E-state index contributed by atoms with van der Waals surface area (Å²) in [5.41, 5.74) is 0.913. The molecule has 232 valence electrons. The van der Waals surface area contributed by atoms with Gasteiger partial charge in [-0.15, -0.1) is 0 Å². The number of urea groups is 1. The van der Waals surface area contributed by atoms with Crippen LogP contribution in [-0.4, -0.2) is 79.4 Å². The molecule has 2 aromatic rings. The van der Waals surface area contributed by atoms with Gasteiger partial charge in [-0.05, 0) is 99.9 Å². The lowest BCUT2D eigenvalue weighted by Gasteiger charge is -2.33. The molecule has 8 rings (SSSR count). The molecule has 6 aliphatic rings. The Morgan fingerprint density at radius 2 is 1.00 bits per heavy atom. The van der Waals surface area contributed by atoms with Crippen LogP contribution in [0.15, 0.2) is 58.8 Å². The van der Waals surface area contributed by atoms with Crippen molar-refractivity contribution in [2.45, 2.75) is 39.1 Å². The van der Waals surface area contributed by atoms with Crippen LogP contribution in [0.5, 0.6) is 11.5 Å². The average molecular weight is 601 g/mol. The van der Waals surface area contributed by atoms with Crippen molar-refractivity contribution in [3.05, 3.63) is 48.5 Å². The number of carbonyl (C=O) groups excluding carboxylic acids is 1. The number of likely N-dealkylation sites (tertiary alicyclic amines) is 2. The number of fused-ring (bicyclic) bond motifs is 2. The average Bonchev–Trinajstić information content (AvgIpc) is 3.50. The summed E-state index contributed by atoms with van der Waals surface area (Å²) in [4.78, 5) is 33.9. The number of oxime groups is 2. The van der Waals surface area contributed by atoms with Crippen LogP contribution in [0.25, 0.3) is 0 Å². The number of anilines is 2. The molecule has 2 saturated heterocycles. The van der Waals surface area contributed by atoms with Gasteiger partial charge in [-0.25, -0.2) is 4.79 Å². The largest absolute Gasteiger partial charge is 0.497 e. The molecule has 4 heterocycles. The van der Waals surface area contributed by atoms with E-state index in [9.17, 15) is 4.79 Å². The summed E-state index contributed by atoms with van der Waals surface area (Å²) in [5.74, 6) is 5.80. The predicted octanol–water partition coefficient (Wildman–Crippen LogP) is 4.65. The fraction of sp³-hybridized carbons (Fsp3) is 0.545. The number of rotatable bonds is 6. The molecule has 2 amide bonds. The number of piperidine rings is 2. The summed E-state index contributed by atoms with van der Waals surface area (Å²) in [6.07, 6.45) is 0. The van der Waals surface area contributed by atoms with Gasteiger partial charge in [0.1, 0.15) is 11.5 Å². The Morgan fingerprint density at radius 1 is 0.659 bits per heavy atom. The monoisotopic (exact) mass is 600 g/mol. The highest BCUT2D eigenvalue weighted by atomic mass is 16.7. The molecule has 44 heavy (non-hydrogen) atoms. The first-order valence-corrected chi connectivity index (χ1v) is 15.6. The van der Waals surface area contributed by atoms with Gasteiger partial charge in [0.2, 0.25) is 11.4 Å². The molecular formula is C33H40N6O5. The maximum absolute atomic E-state index is 13.6. The normalized spacial score (nSPS) is 32.0. The third-order valence-electron chi connectivity index (χ3n) is 10.4. The third-order valence-corrected chi connectivity index (χ3v) is 10.4. The van der Waals surface area contributed by atoms with Gasteiger partial charge in [0, 0.05) is 49.4 Å². The molecule has 0 bridgehead atoms. The van der Waals surface area contributed by atoms with Crippen molar-refractivity contribution in [2.75, 3.05) is 50.2 Å². The summed E-state index contributed by atoms with van der Waals surface area (Å²) in [6, 6.07) is 16.2. The van der Waals surface area contributed by atoms with Gasteiger partial charge >= 0.3 is 6.03 Å². The van der Waals surface area contributed by atoms with Crippen molar-refractivity contribution in [3.8, 4) is 11.5 Å². The highest BCUT2D eigenvalue weighted by molar-refractivity contribution is 6.04. The molecule has 6 atom stereocenters. The topological polar surface area (TPSA) is 91.7 Å². The molecule has 2 aromatic carbocycles. The molecule has 11 heteroatoms. The molecule has 0 spiro atoms. The number of hydrogen-bond donors (Lipinski definition) is 0. The van der Waals surface area contributed by atoms with E-state index in [1.54, 1.807) is 14.2 Å². The van der Waals surface area contributed by atoms with Crippen LogP contribution in [0.4, 0.5) is 16.2 Å². The summed E-state index contributed by atoms with van der Waals surface area (Å²) >= 11 is 0. The minimum Gasteiger partial charge on any atom is -0.497 e. The van der Waals surface area contributed by atoms with E-state index >= 15 is 0 Å². The second-order valence-corrected chi connectivity index (χ2v) is 13.8. The van der Waals surface area contributed by atoms with Crippen LogP contribution >= 0.6 is 0 Å². The number of ether oxygens (including phenoxy) is 2. The first-order chi connectivity index (χ1) is 21.1. The molecule has 4 aliphatic heterocycles. The lowest BCUT2D eigenvalue weighted by atomic mass is 10.1. The molecular weight excluding hydrogens is 560 g/mol. The van der Waals surface area contributed by atoms with E-state index in [0.717, 1.165) is 60.7 Å². The van der Waals surface area contributed by atoms with E-state index in [1.807, 2.05) is 86.0 Å². The third kappa shape index (κ3) is 4.11. The quantitative estimate of drug-likeness (QED) is 0.477. The van der Waals surface area contributed by atoms with E-state index in [4.69, 9.17) is 19.1 Å². The van der Waals surface area contributed by atoms with Crippen molar-refractivity contribution in [1.82, 2.24) is 9.80 Å². The summed E-state index contributed by atoms with van der Waals surface area (Å²) in [6.45, 7) is 11.2. The van der Waals surface area contributed by atoms with Gasteiger partial charge in [0.05, 0.1) is 14.2 Å². The predicted molar refractivity (Wildman–Crippen MR) is 166 cm³/mol. The Balaban J connectivity index is 0.888. The van der Waals surface area contributed by atoms with Crippen molar-refractivity contribution >= 4 is 29.1 Å². The lowest BCUT2D eigenvalue weighted by molar-refractivity contribution is 0.0135. The van der Waals surface area contributed by atoms with E-state index < -0.39 is 11.4 Å². The van der Waals surface area contributed by atoms with E-state index in [1.165, 1.54) is 0 Å². The van der Waals surface area contributed by atoms with Crippen molar-refractivity contribution < 1.29 is 23.9 Å². The molecule has 0 aromatic heterocycles. The van der Waals surface area contributed by atoms with Gasteiger partial charge in [-0.3, -0.25) is 9.80 Å². The number of amidine groups is 2. The van der Waals surface area contributed by atoms with E-state index in [0.29, 0.717) is 35.5 Å². The Morgan fingerprint density at radius 3 is 1.32 bits per heavy atom. The summed E-state index contributed by atoms with van der Waals surface area (Å²) < 4.78 is 10.7. The van der Waals surface area contributed by atoms with Crippen LogP contribution in [0, 0.1) is 35.5 Å². The minimum absolute atomic E-state index is 0.163. The number of nitrogens with zero attached hydrogens (tertiary/aromatic N) is 6. The maximum atomic E-state index is 13.6. The van der Waals surface area contributed by atoms with Crippen molar-refractivity contribution in [3.63, 3.8) is 0 Å². The first-order valence-electron chi connectivity index (χ1n) is 15.6. The molecule has 2 unspecified atom stereocenters. The fourth-order valence-corrected chi connectivity index (χ4v) is 8.13. The zero-order valence-electron chi connectivity index (χ0n) is 26.1. The molecule has 4 fully saturated rings. The van der Waals surface area contributed by atoms with Gasteiger partial charge in [-0.2, -0.15) is 0 Å². The van der Waals surface area contributed by atoms with Crippen LogP contribution in [-0.2, 0) is 9.68 Å². The molecule has 0 N–H and O–H groups in total. The van der Waals surface area contributed by atoms with Crippen molar-refractivity contribution in [2.24, 2.45) is 45.8 Å². The molecule has 0 radical (unpaired) electrons. The Bertz CT molecular complexity index is 1400. The van der Waals surface area contributed by atoms with Gasteiger partial charge in [-0.1, -0.05) is 10.3 Å². The van der Waals surface area contributed by atoms with Gasteiger partial charge < -0.3 is 28.9 Å². The number of carbonyl (C=O) groups is 1. The van der Waals surface area contributed by atoms with Crippen LogP contribution in [0.2, 0.25) is 0 Å². The number of hydrogen-bond acceptors (Lipinski definition) is 9. The van der Waals surface area contributed by atoms with E-state index in [2.05, 4.69) is 20.1 Å². The Kier molecular flexibility index (Phi) is 5.87. The van der Waals surface area contributed by atoms with E-state index in [-0.39, 0.29) is 6.03 Å². The number of methoxy groups -OCH3 is 2. The summed E-state index contributed by atoms with van der Waals surface area (Å²) in [7, 11) is 3.34. The smallest absolute Gasteiger partial charge is 0.320 e. The van der Waals surface area contributed by atoms with Gasteiger partial charge in [0.15, 0.2) is 11.7 Å². The maximum Gasteiger partial charge on any atom is 0.320 e. The fourth-order valence-electron chi connectivity index (χ4n) is 8.13. The standard InChI is InChI=1S/C33H40N6O5/c1-32(2)38(19-7-11-21(41-5)12-8-19)29(34-43-32)27-23-15-36(16-24(23)27)31(40)37-17-25-26(18-37)28(25)30-35-44-33(3,4)39(30)20-9-13-22(42-6)14-10-20/h7-14,23-28H,15-18H2,1-6H3/t23-,24+,25-,26+,27?,28?. The second kappa shape index (κ2) is 9.42. The van der Waals surface area contributed by atoms with Gasteiger partial charge in [0.25, 0.3) is 0 Å². The Labute approximate surface area is 257 Å². The van der Waals surface area contributed by atoms with Crippen LogP contribution < -0.4 is 19.3 Å². The Hall–Kier alpha value is -4.15.